The van der Waals surface area contributed by atoms with Crippen molar-refractivity contribution in [3.63, 3.8) is 0 Å². The van der Waals surface area contributed by atoms with Crippen LogP contribution in [0.4, 0.5) is 5.69 Å². The number of rotatable bonds is 3. The second-order valence-corrected chi connectivity index (χ2v) is 4.61. The number of ketones is 1. The van der Waals surface area contributed by atoms with Gasteiger partial charge in [0.25, 0.3) is 0 Å². The largest absolute Gasteiger partial charge is 0.495 e. The maximum atomic E-state index is 12.4. The highest BCUT2D eigenvalue weighted by molar-refractivity contribution is 6.32. The van der Waals surface area contributed by atoms with Crippen molar-refractivity contribution >= 4 is 23.1 Å². The molecule has 3 nitrogen and oxygen atoms in total. The Bertz CT molecular complexity index is 638. The van der Waals surface area contributed by atoms with Gasteiger partial charge in [0.05, 0.1) is 12.1 Å². The molecule has 19 heavy (non-hydrogen) atoms. The number of benzene rings is 2. The van der Waals surface area contributed by atoms with E-state index < -0.39 is 0 Å². The van der Waals surface area contributed by atoms with Gasteiger partial charge in [-0.1, -0.05) is 23.7 Å². The van der Waals surface area contributed by atoms with Crippen molar-refractivity contribution in [2.24, 2.45) is 0 Å². The SMILES string of the molecule is COc1ccc(C(=O)c2cccc(N)c2C)cc1Cl. The normalized spacial score (nSPS) is 10.3. The maximum Gasteiger partial charge on any atom is 0.193 e. The minimum atomic E-state index is -0.102. The summed E-state index contributed by atoms with van der Waals surface area (Å²) in [5, 5.41) is 0.412. The number of nitrogen functional groups attached to an aromatic ring is 1. The Labute approximate surface area is 117 Å². The average molecular weight is 276 g/mol. The molecule has 0 amide bonds. The van der Waals surface area contributed by atoms with E-state index in [-0.39, 0.29) is 5.78 Å². The van der Waals surface area contributed by atoms with E-state index >= 15 is 0 Å². The molecule has 4 heteroatoms. The minimum Gasteiger partial charge on any atom is -0.495 e. The van der Waals surface area contributed by atoms with Crippen molar-refractivity contribution in [2.75, 3.05) is 12.8 Å². The Morgan fingerprint density at radius 1 is 1.26 bits per heavy atom. The lowest BCUT2D eigenvalue weighted by Crippen LogP contribution is -2.05. The van der Waals surface area contributed by atoms with Crippen LogP contribution in [-0.4, -0.2) is 12.9 Å². The Balaban J connectivity index is 2.44. The van der Waals surface area contributed by atoms with Crippen molar-refractivity contribution in [1.82, 2.24) is 0 Å². The van der Waals surface area contributed by atoms with Crippen LogP contribution in [0.3, 0.4) is 0 Å². The number of methoxy groups -OCH3 is 1. The van der Waals surface area contributed by atoms with Gasteiger partial charge >= 0.3 is 0 Å². The molecule has 2 aromatic carbocycles. The number of anilines is 1. The highest BCUT2D eigenvalue weighted by Gasteiger charge is 2.14. The maximum absolute atomic E-state index is 12.4. The van der Waals surface area contributed by atoms with Crippen molar-refractivity contribution in [1.29, 1.82) is 0 Å². The first-order chi connectivity index (χ1) is 9.04. The van der Waals surface area contributed by atoms with E-state index in [1.165, 1.54) is 7.11 Å². The van der Waals surface area contributed by atoms with Crippen LogP contribution < -0.4 is 10.5 Å². The zero-order valence-electron chi connectivity index (χ0n) is 10.7. The van der Waals surface area contributed by atoms with Crippen LogP contribution >= 0.6 is 11.6 Å². The van der Waals surface area contributed by atoms with E-state index in [2.05, 4.69) is 0 Å². The van der Waals surface area contributed by atoms with Gasteiger partial charge in [0.15, 0.2) is 5.78 Å². The molecule has 2 rings (SSSR count). The smallest absolute Gasteiger partial charge is 0.193 e. The third-order valence-corrected chi connectivity index (χ3v) is 3.33. The lowest BCUT2D eigenvalue weighted by atomic mass is 9.98. The second kappa shape index (κ2) is 5.33. The fourth-order valence-corrected chi connectivity index (χ4v) is 2.12. The Morgan fingerprint density at radius 2 is 2.00 bits per heavy atom. The second-order valence-electron chi connectivity index (χ2n) is 4.20. The van der Waals surface area contributed by atoms with Gasteiger partial charge in [-0.05, 0) is 36.8 Å². The van der Waals surface area contributed by atoms with E-state index in [9.17, 15) is 4.79 Å². The summed E-state index contributed by atoms with van der Waals surface area (Å²) in [4.78, 5) is 12.4. The van der Waals surface area contributed by atoms with Gasteiger partial charge in [-0.3, -0.25) is 4.79 Å². The van der Waals surface area contributed by atoms with Gasteiger partial charge in [0, 0.05) is 16.8 Å². The molecule has 0 spiro atoms. The molecule has 2 aromatic rings. The molecule has 0 aliphatic heterocycles. The fourth-order valence-electron chi connectivity index (χ4n) is 1.86. The summed E-state index contributed by atoms with van der Waals surface area (Å²) in [5.74, 6) is 0.442. The molecule has 98 valence electrons. The molecule has 0 bridgehead atoms. The van der Waals surface area contributed by atoms with E-state index in [1.54, 1.807) is 36.4 Å². The van der Waals surface area contributed by atoms with E-state index in [1.807, 2.05) is 6.92 Å². The lowest BCUT2D eigenvalue weighted by Gasteiger charge is -2.09. The topological polar surface area (TPSA) is 52.3 Å². The summed E-state index contributed by atoms with van der Waals surface area (Å²) in [6.45, 7) is 1.83. The van der Waals surface area contributed by atoms with Crippen LogP contribution in [0.1, 0.15) is 21.5 Å². The summed E-state index contributed by atoms with van der Waals surface area (Å²) in [7, 11) is 1.53. The van der Waals surface area contributed by atoms with E-state index in [0.717, 1.165) is 5.56 Å². The molecular formula is C15H14ClNO2. The molecular weight excluding hydrogens is 262 g/mol. The minimum absolute atomic E-state index is 0.102. The molecule has 0 aliphatic carbocycles. The first kappa shape index (κ1) is 13.4. The van der Waals surface area contributed by atoms with Crippen LogP contribution in [0.5, 0.6) is 5.75 Å². The Morgan fingerprint density at radius 3 is 2.63 bits per heavy atom. The van der Waals surface area contributed by atoms with Crippen LogP contribution in [-0.2, 0) is 0 Å². The third kappa shape index (κ3) is 2.56. The number of hydrogen-bond donors (Lipinski definition) is 1. The van der Waals surface area contributed by atoms with E-state index in [0.29, 0.717) is 27.6 Å². The van der Waals surface area contributed by atoms with Crippen molar-refractivity contribution < 1.29 is 9.53 Å². The zero-order chi connectivity index (χ0) is 14.0. The lowest BCUT2D eigenvalue weighted by molar-refractivity contribution is 0.103. The number of ether oxygens (including phenoxy) is 1. The monoisotopic (exact) mass is 275 g/mol. The molecule has 0 aliphatic rings. The molecule has 0 atom stereocenters. The average Bonchev–Trinajstić information content (AvgIpc) is 2.41. The number of carbonyl (C=O) groups excluding carboxylic acids is 1. The van der Waals surface area contributed by atoms with Crippen LogP contribution in [0, 0.1) is 6.92 Å². The summed E-state index contributed by atoms with van der Waals surface area (Å²) in [6.07, 6.45) is 0. The summed E-state index contributed by atoms with van der Waals surface area (Å²) in [6, 6.07) is 10.3. The molecule has 0 radical (unpaired) electrons. The fraction of sp³-hybridized carbons (Fsp3) is 0.133. The number of halogens is 1. The third-order valence-electron chi connectivity index (χ3n) is 3.03. The predicted molar refractivity (Wildman–Crippen MR) is 77.0 cm³/mol. The molecule has 0 unspecified atom stereocenters. The highest BCUT2D eigenvalue weighted by atomic mass is 35.5. The summed E-state index contributed by atoms with van der Waals surface area (Å²) < 4.78 is 5.07. The van der Waals surface area contributed by atoms with Crippen molar-refractivity contribution in [3.8, 4) is 5.75 Å². The van der Waals surface area contributed by atoms with Gasteiger partial charge in [-0.2, -0.15) is 0 Å². The van der Waals surface area contributed by atoms with Gasteiger partial charge in [0.1, 0.15) is 5.75 Å². The molecule has 0 aromatic heterocycles. The Kier molecular flexibility index (Phi) is 3.76. The first-order valence-corrected chi connectivity index (χ1v) is 6.15. The number of nitrogens with two attached hydrogens (primary N) is 1. The summed E-state index contributed by atoms with van der Waals surface area (Å²) in [5.41, 5.74) is 8.29. The molecule has 0 heterocycles. The standard InChI is InChI=1S/C15H14ClNO2/c1-9-11(4-3-5-13(9)17)15(18)10-6-7-14(19-2)12(16)8-10/h3-8H,17H2,1-2H3. The first-order valence-electron chi connectivity index (χ1n) is 5.78. The zero-order valence-corrected chi connectivity index (χ0v) is 11.5. The van der Waals surface area contributed by atoms with Crippen molar-refractivity contribution in [3.05, 3.63) is 58.1 Å². The van der Waals surface area contributed by atoms with Gasteiger partial charge in [0.2, 0.25) is 0 Å². The number of hydrogen-bond acceptors (Lipinski definition) is 3. The van der Waals surface area contributed by atoms with Gasteiger partial charge in [-0.15, -0.1) is 0 Å². The molecule has 2 N–H and O–H groups in total. The molecule has 0 saturated carbocycles. The van der Waals surface area contributed by atoms with E-state index in [4.69, 9.17) is 22.1 Å². The Hall–Kier alpha value is -2.00. The molecule has 0 saturated heterocycles. The van der Waals surface area contributed by atoms with Crippen LogP contribution in [0.15, 0.2) is 36.4 Å². The predicted octanol–water partition coefficient (Wildman–Crippen LogP) is 3.47. The van der Waals surface area contributed by atoms with Crippen LogP contribution in [0.2, 0.25) is 5.02 Å². The summed E-state index contributed by atoms with van der Waals surface area (Å²) >= 11 is 6.03. The van der Waals surface area contributed by atoms with Gasteiger partial charge < -0.3 is 10.5 Å². The van der Waals surface area contributed by atoms with Crippen LogP contribution in [0.25, 0.3) is 0 Å². The van der Waals surface area contributed by atoms with Crippen molar-refractivity contribution in [2.45, 2.75) is 6.92 Å². The molecule has 0 fully saturated rings. The quantitative estimate of drug-likeness (QED) is 0.689. The number of carbonyl (C=O) groups is 1. The highest BCUT2D eigenvalue weighted by Crippen LogP contribution is 2.27. The van der Waals surface area contributed by atoms with Gasteiger partial charge in [-0.25, -0.2) is 0 Å².